The monoisotopic (exact) mass is 632 g/mol. The van der Waals surface area contributed by atoms with Crippen molar-refractivity contribution in [1.82, 2.24) is 19.8 Å². The van der Waals surface area contributed by atoms with Crippen LogP contribution in [0.25, 0.3) is 0 Å². The summed E-state index contributed by atoms with van der Waals surface area (Å²) in [5.41, 5.74) is 1.64. The summed E-state index contributed by atoms with van der Waals surface area (Å²) in [7, 11) is 0. The summed E-state index contributed by atoms with van der Waals surface area (Å²) in [4.78, 5) is 66.5. The number of aryl methyl sites for hydroxylation is 2. The molecule has 1 aromatic heterocycles. The van der Waals surface area contributed by atoms with Gasteiger partial charge >= 0.3 is 23.8 Å². The van der Waals surface area contributed by atoms with E-state index in [-0.39, 0.29) is 25.3 Å². The van der Waals surface area contributed by atoms with Crippen LogP contribution in [0, 0.1) is 25.2 Å². The SMILES string of the molecule is Cc1ccc(C(OC(=O)NCCN(CC(=O)O)C(=O)Cn2ccc(NC(=O)OC(C)(C)CC#N)nc2=O)c2ccc(C)cc2)cc1. The van der Waals surface area contributed by atoms with E-state index >= 15 is 0 Å². The molecule has 2 aromatic carbocycles. The number of rotatable bonds is 13. The van der Waals surface area contributed by atoms with Gasteiger partial charge in [0.1, 0.15) is 24.5 Å². The molecule has 0 saturated heterocycles. The van der Waals surface area contributed by atoms with Gasteiger partial charge in [0.2, 0.25) is 5.91 Å². The molecule has 3 N–H and O–H groups in total. The molecule has 1 heterocycles. The molecule has 3 rings (SSSR count). The molecule has 0 unspecified atom stereocenters. The third-order valence-corrected chi connectivity index (χ3v) is 6.60. The van der Waals surface area contributed by atoms with E-state index in [4.69, 9.17) is 14.7 Å². The molecule has 0 aliphatic heterocycles. The third-order valence-electron chi connectivity index (χ3n) is 6.60. The lowest BCUT2D eigenvalue weighted by Crippen LogP contribution is -2.44. The topological polar surface area (TPSA) is 193 Å². The van der Waals surface area contributed by atoms with Crippen molar-refractivity contribution < 1.29 is 33.8 Å². The van der Waals surface area contributed by atoms with Gasteiger partial charge in [0.25, 0.3) is 0 Å². The van der Waals surface area contributed by atoms with Crippen molar-refractivity contribution in [1.29, 1.82) is 5.26 Å². The van der Waals surface area contributed by atoms with Crippen LogP contribution in [0.1, 0.15) is 48.6 Å². The molecule has 242 valence electrons. The van der Waals surface area contributed by atoms with Crippen LogP contribution in [-0.4, -0.2) is 68.9 Å². The van der Waals surface area contributed by atoms with E-state index in [1.165, 1.54) is 12.3 Å². The Labute approximate surface area is 265 Å². The summed E-state index contributed by atoms with van der Waals surface area (Å²) in [5, 5.41) is 23.0. The van der Waals surface area contributed by atoms with Crippen LogP contribution in [0.4, 0.5) is 15.4 Å². The van der Waals surface area contributed by atoms with E-state index in [0.29, 0.717) is 0 Å². The van der Waals surface area contributed by atoms with Crippen molar-refractivity contribution in [3.63, 3.8) is 0 Å². The van der Waals surface area contributed by atoms with Crippen molar-refractivity contribution in [2.75, 3.05) is 25.0 Å². The standard InChI is InChI=1S/C32H36N6O8/c1-21-5-9-23(10-6-21)28(24-11-7-22(2)8-12-24)45-30(43)34-16-18-37(20-27(40)41)26(39)19-38-17-13-25(35-29(38)42)36-31(44)46-32(3,4)14-15-33/h5-13,17,28H,14,16,18-20H2,1-4H3,(H,34,43)(H,40,41)(H,35,36,42,44). The number of carbonyl (C=O) groups excluding carboxylic acids is 3. The lowest BCUT2D eigenvalue weighted by Gasteiger charge is -2.23. The van der Waals surface area contributed by atoms with Crippen LogP contribution in [0.5, 0.6) is 0 Å². The van der Waals surface area contributed by atoms with Gasteiger partial charge in [0.15, 0.2) is 6.10 Å². The van der Waals surface area contributed by atoms with Gasteiger partial charge in [-0.25, -0.2) is 14.4 Å². The van der Waals surface area contributed by atoms with Gasteiger partial charge in [-0.1, -0.05) is 59.7 Å². The predicted molar refractivity (Wildman–Crippen MR) is 166 cm³/mol. The Morgan fingerprint density at radius 3 is 2.11 bits per heavy atom. The fourth-order valence-corrected chi connectivity index (χ4v) is 4.18. The fraction of sp³-hybridized carbons (Fsp3) is 0.344. The molecule has 3 amide bonds. The normalized spacial score (nSPS) is 10.9. The molecule has 14 heteroatoms. The number of amides is 3. The van der Waals surface area contributed by atoms with Gasteiger partial charge in [0.05, 0.1) is 12.5 Å². The number of anilines is 1. The van der Waals surface area contributed by atoms with Crippen LogP contribution in [0.3, 0.4) is 0 Å². The zero-order valence-electron chi connectivity index (χ0n) is 26.0. The van der Waals surface area contributed by atoms with Crippen LogP contribution in [0.15, 0.2) is 65.6 Å². The number of aromatic nitrogens is 2. The summed E-state index contributed by atoms with van der Waals surface area (Å²) in [6, 6.07) is 18.2. The van der Waals surface area contributed by atoms with E-state index in [9.17, 15) is 29.1 Å². The van der Waals surface area contributed by atoms with E-state index in [1.54, 1.807) is 13.8 Å². The first-order valence-corrected chi connectivity index (χ1v) is 14.3. The lowest BCUT2D eigenvalue weighted by molar-refractivity contribution is -0.144. The minimum atomic E-state index is -1.29. The number of aliphatic carboxylic acids is 1. The maximum Gasteiger partial charge on any atom is 0.413 e. The van der Waals surface area contributed by atoms with Gasteiger partial charge in [-0.2, -0.15) is 10.2 Å². The predicted octanol–water partition coefficient (Wildman–Crippen LogP) is 3.53. The maximum absolute atomic E-state index is 13.0. The number of hydrogen-bond donors (Lipinski definition) is 3. The van der Waals surface area contributed by atoms with Crippen molar-refractivity contribution >= 4 is 29.9 Å². The quantitative estimate of drug-likeness (QED) is 0.251. The van der Waals surface area contributed by atoms with Gasteiger partial charge in [-0.05, 0) is 44.9 Å². The Bertz CT molecular complexity index is 1600. The largest absolute Gasteiger partial charge is 0.480 e. The Kier molecular flexibility index (Phi) is 12.0. The zero-order valence-corrected chi connectivity index (χ0v) is 26.0. The Morgan fingerprint density at radius 2 is 1.59 bits per heavy atom. The molecule has 0 spiro atoms. The van der Waals surface area contributed by atoms with Gasteiger partial charge in [-0.15, -0.1) is 0 Å². The molecule has 14 nitrogen and oxygen atoms in total. The molecular weight excluding hydrogens is 596 g/mol. The first-order chi connectivity index (χ1) is 21.8. The third kappa shape index (κ3) is 10.8. The summed E-state index contributed by atoms with van der Waals surface area (Å²) in [6.07, 6.45) is -1.26. The minimum Gasteiger partial charge on any atom is -0.480 e. The second-order valence-corrected chi connectivity index (χ2v) is 11.1. The van der Waals surface area contributed by atoms with Crippen LogP contribution in [0.2, 0.25) is 0 Å². The number of nitrogens with one attached hydrogen (secondary N) is 2. The first kappa shape index (κ1) is 34.8. The highest BCUT2D eigenvalue weighted by atomic mass is 16.6. The summed E-state index contributed by atoms with van der Waals surface area (Å²) in [6.45, 7) is 5.43. The smallest absolute Gasteiger partial charge is 0.413 e. The molecule has 46 heavy (non-hydrogen) atoms. The highest BCUT2D eigenvalue weighted by molar-refractivity contribution is 5.83. The highest BCUT2D eigenvalue weighted by Gasteiger charge is 2.24. The highest BCUT2D eigenvalue weighted by Crippen LogP contribution is 2.27. The molecule has 3 aromatic rings. The van der Waals surface area contributed by atoms with E-state index in [1.807, 2.05) is 68.4 Å². The average Bonchev–Trinajstić information content (AvgIpc) is 2.97. The van der Waals surface area contributed by atoms with Crippen molar-refractivity contribution in [2.45, 2.75) is 52.4 Å². The van der Waals surface area contributed by atoms with Crippen molar-refractivity contribution in [2.24, 2.45) is 0 Å². The molecule has 0 bridgehead atoms. The lowest BCUT2D eigenvalue weighted by atomic mass is 9.99. The van der Waals surface area contributed by atoms with Crippen LogP contribution >= 0.6 is 0 Å². The number of carboxylic acids is 1. The number of benzene rings is 2. The van der Waals surface area contributed by atoms with Crippen LogP contribution in [-0.2, 0) is 25.6 Å². The number of carboxylic acid groups (broad SMARTS) is 1. The van der Waals surface area contributed by atoms with Gasteiger partial charge in [0, 0.05) is 19.3 Å². The van der Waals surface area contributed by atoms with E-state index < -0.39 is 54.5 Å². The average molecular weight is 633 g/mol. The summed E-state index contributed by atoms with van der Waals surface area (Å²) in [5.74, 6) is -2.17. The number of carbonyl (C=O) groups is 4. The molecule has 0 aliphatic carbocycles. The van der Waals surface area contributed by atoms with Crippen molar-refractivity contribution in [3.8, 4) is 6.07 Å². The number of alkyl carbamates (subject to hydrolysis) is 1. The molecule has 0 atom stereocenters. The fourth-order valence-electron chi connectivity index (χ4n) is 4.18. The van der Waals surface area contributed by atoms with E-state index in [0.717, 1.165) is 31.7 Å². The first-order valence-electron chi connectivity index (χ1n) is 14.3. The van der Waals surface area contributed by atoms with Crippen LogP contribution < -0.4 is 16.3 Å². The Balaban J connectivity index is 1.61. The minimum absolute atomic E-state index is 0.0531. The molecular formula is C32H36N6O8. The molecule has 0 saturated carbocycles. The number of nitrogens with zero attached hydrogens (tertiary/aromatic N) is 4. The second-order valence-electron chi connectivity index (χ2n) is 11.1. The number of hydrogen-bond acceptors (Lipinski definition) is 9. The Hall–Kier alpha value is -5.71. The zero-order chi connectivity index (χ0) is 33.9. The number of ether oxygens (including phenoxy) is 2. The van der Waals surface area contributed by atoms with Gasteiger partial charge in [-0.3, -0.25) is 19.5 Å². The summed E-state index contributed by atoms with van der Waals surface area (Å²) < 4.78 is 11.8. The number of nitriles is 1. The summed E-state index contributed by atoms with van der Waals surface area (Å²) >= 11 is 0. The van der Waals surface area contributed by atoms with Crippen molar-refractivity contribution in [3.05, 3.63) is 93.5 Å². The van der Waals surface area contributed by atoms with E-state index in [2.05, 4.69) is 15.6 Å². The molecule has 0 aliphatic rings. The molecule has 0 fully saturated rings. The van der Waals surface area contributed by atoms with Gasteiger partial charge < -0.3 is 24.8 Å². The molecule has 0 radical (unpaired) electrons. The maximum atomic E-state index is 13.0. The second kappa shape index (κ2) is 15.8. The Morgan fingerprint density at radius 1 is 1.00 bits per heavy atom.